The summed E-state index contributed by atoms with van der Waals surface area (Å²) in [5.74, 6) is 0.190. The maximum atomic E-state index is 11.7. The molecular formula is C11H14N2O4S. The molecule has 98 valence electrons. The van der Waals surface area contributed by atoms with Crippen LogP contribution in [0.2, 0.25) is 0 Å². The standard InChI is InChI=1S/C11H14N2O4S/c1-17-11(14)12-9-3-5-10(6-4-9)13-7-2-8-18(13,15)16/h3-6H,2,7-8H2,1H3,(H,12,14). The Balaban J connectivity index is 2.15. The van der Waals surface area contributed by atoms with Gasteiger partial charge in [-0.1, -0.05) is 0 Å². The molecule has 1 amide bonds. The number of ether oxygens (including phenoxy) is 1. The minimum atomic E-state index is -3.16. The van der Waals surface area contributed by atoms with E-state index in [0.29, 0.717) is 24.3 Å². The van der Waals surface area contributed by atoms with Crippen LogP contribution in [0.1, 0.15) is 6.42 Å². The highest BCUT2D eigenvalue weighted by atomic mass is 32.2. The second kappa shape index (κ2) is 4.85. The average Bonchev–Trinajstić information content (AvgIpc) is 2.70. The molecule has 1 fully saturated rings. The number of carbonyl (C=O) groups excluding carboxylic acids is 1. The van der Waals surface area contributed by atoms with E-state index < -0.39 is 16.1 Å². The molecule has 1 N–H and O–H groups in total. The van der Waals surface area contributed by atoms with Crippen molar-refractivity contribution in [3.05, 3.63) is 24.3 Å². The van der Waals surface area contributed by atoms with E-state index in [1.54, 1.807) is 24.3 Å². The summed E-state index contributed by atoms with van der Waals surface area (Å²) in [6, 6.07) is 6.60. The van der Waals surface area contributed by atoms with Crippen molar-refractivity contribution < 1.29 is 17.9 Å². The van der Waals surface area contributed by atoms with Crippen molar-refractivity contribution >= 4 is 27.5 Å². The lowest BCUT2D eigenvalue weighted by molar-refractivity contribution is 0.187. The largest absolute Gasteiger partial charge is 0.453 e. The number of anilines is 2. The molecule has 0 saturated carbocycles. The Bertz CT molecular complexity index is 539. The van der Waals surface area contributed by atoms with E-state index >= 15 is 0 Å². The number of nitrogens with zero attached hydrogens (tertiary/aromatic N) is 1. The van der Waals surface area contributed by atoms with E-state index in [-0.39, 0.29) is 5.75 Å². The average molecular weight is 270 g/mol. The molecule has 1 saturated heterocycles. The zero-order valence-corrected chi connectivity index (χ0v) is 10.7. The molecule has 0 unspecified atom stereocenters. The molecule has 1 heterocycles. The first-order chi connectivity index (χ1) is 8.53. The lowest BCUT2D eigenvalue weighted by Gasteiger charge is -2.17. The Hall–Kier alpha value is -1.76. The molecule has 0 aromatic heterocycles. The highest BCUT2D eigenvalue weighted by molar-refractivity contribution is 7.93. The number of methoxy groups -OCH3 is 1. The second-order valence-electron chi connectivity index (χ2n) is 3.91. The first kappa shape index (κ1) is 12.7. The van der Waals surface area contributed by atoms with Crippen LogP contribution in [0.3, 0.4) is 0 Å². The topological polar surface area (TPSA) is 75.7 Å². The summed E-state index contributed by atoms with van der Waals surface area (Å²) < 4.78 is 29.3. The number of hydrogen-bond acceptors (Lipinski definition) is 4. The van der Waals surface area contributed by atoms with Gasteiger partial charge in [-0.3, -0.25) is 9.62 Å². The molecule has 0 atom stereocenters. The zero-order chi connectivity index (χ0) is 13.2. The number of benzene rings is 1. The van der Waals surface area contributed by atoms with Crippen molar-refractivity contribution in [2.45, 2.75) is 6.42 Å². The number of amides is 1. The third-order valence-corrected chi connectivity index (χ3v) is 4.56. The van der Waals surface area contributed by atoms with E-state index in [1.165, 1.54) is 11.4 Å². The SMILES string of the molecule is COC(=O)Nc1ccc(N2CCCS2(=O)=O)cc1. The lowest BCUT2D eigenvalue weighted by atomic mass is 10.3. The summed E-state index contributed by atoms with van der Waals surface area (Å²) in [5.41, 5.74) is 1.17. The van der Waals surface area contributed by atoms with Crippen molar-refractivity contribution in [1.29, 1.82) is 0 Å². The van der Waals surface area contributed by atoms with E-state index in [4.69, 9.17) is 0 Å². The predicted molar refractivity (Wildman–Crippen MR) is 68.2 cm³/mol. The summed E-state index contributed by atoms with van der Waals surface area (Å²) in [7, 11) is -1.88. The van der Waals surface area contributed by atoms with Gasteiger partial charge in [-0.2, -0.15) is 0 Å². The zero-order valence-electron chi connectivity index (χ0n) is 9.92. The molecule has 2 rings (SSSR count). The summed E-state index contributed by atoms with van der Waals surface area (Å²) in [4.78, 5) is 11.0. The minimum absolute atomic E-state index is 0.190. The molecule has 1 aliphatic rings. The van der Waals surface area contributed by atoms with Gasteiger partial charge in [0.1, 0.15) is 0 Å². The van der Waals surface area contributed by atoms with Gasteiger partial charge in [0, 0.05) is 12.2 Å². The van der Waals surface area contributed by atoms with Crippen LogP contribution in [-0.2, 0) is 14.8 Å². The predicted octanol–water partition coefficient (Wildman–Crippen LogP) is 1.40. The monoisotopic (exact) mass is 270 g/mol. The Labute approximate surface area is 106 Å². The Morgan fingerprint density at radius 3 is 2.50 bits per heavy atom. The van der Waals surface area contributed by atoms with Gasteiger partial charge >= 0.3 is 6.09 Å². The van der Waals surface area contributed by atoms with Crippen molar-refractivity contribution in [2.75, 3.05) is 29.0 Å². The number of carbonyl (C=O) groups is 1. The Morgan fingerprint density at radius 2 is 2.00 bits per heavy atom. The van der Waals surface area contributed by atoms with Crippen LogP contribution in [0.25, 0.3) is 0 Å². The molecule has 0 aliphatic carbocycles. The van der Waals surface area contributed by atoms with E-state index in [0.717, 1.165) is 0 Å². The van der Waals surface area contributed by atoms with E-state index in [2.05, 4.69) is 10.1 Å². The fraction of sp³-hybridized carbons (Fsp3) is 0.364. The van der Waals surface area contributed by atoms with Crippen LogP contribution < -0.4 is 9.62 Å². The molecule has 0 spiro atoms. The molecular weight excluding hydrogens is 256 g/mol. The highest BCUT2D eigenvalue weighted by Gasteiger charge is 2.28. The molecule has 1 aromatic rings. The van der Waals surface area contributed by atoms with Gasteiger partial charge < -0.3 is 4.74 Å². The molecule has 1 aliphatic heterocycles. The van der Waals surface area contributed by atoms with Crippen LogP contribution in [-0.4, -0.2) is 33.9 Å². The summed E-state index contributed by atoms with van der Waals surface area (Å²) >= 11 is 0. The van der Waals surface area contributed by atoms with Gasteiger partial charge in [-0.05, 0) is 30.7 Å². The molecule has 6 nitrogen and oxygen atoms in total. The van der Waals surface area contributed by atoms with Crippen LogP contribution >= 0.6 is 0 Å². The second-order valence-corrected chi connectivity index (χ2v) is 5.92. The van der Waals surface area contributed by atoms with Crippen molar-refractivity contribution in [2.24, 2.45) is 0 Å². The van der Waals surface area contributed by atoms with Crippen LogP contribution in [0, 0.1) is 0 Å². The third kappa shape index (κ3) is 2.56. The number of rotatable bonds is 2. The summed E-state index contributed by atoms with van der Waals surface area (Å²) in [5, 5.41) is 2.50. The van der Waals surface area contributed by atoms with Gasteiger partial charge in [0.2, 0.25) is 10.0 Å². The van der Waals surface area contributed by atoms with E-state index in [9.17, 15) is 13.2 Å². The number of hydrogen-bond donors (Lipinski definition) is 1. The molecule has 0 bridgehead atoms. The van der Waals surface area contributed by atoms with E-state index in [1.807, 2.05) is 0 Å². The van der Waals surface area contributed by atoms with Crippen LogP contribution in [0.5, 0.6) is 0 Å². The van der Waals surface area contributed by atoms with Crippen molar-refractivity contribution in [3.63, 3.8) is 0 Å². The van der Waals surface area contributed by atoms with Gasteiger partial charge in [0.05, 0.1) is 18.6 Å². The van der Waals surface area contributed by atoms with Crippen LogP contribution in [0.15, 0.2) is 24.3 Å². The number of nitrogens with one attached hydrogen (secondary N) is 1. The quantitative estimate of drug-likeness (QED) is 0.881. The highest BCUT2D eigenvalue weighted by Crippen LogP contribution is 2.25. The first-order valence-corrected chi connectivity index (χ1v) is 7.09. The fourth-order valence-electron chi connectivity index (χ4n) is 1.81. The molecule has 7 heteroatoms. The Kier molecular flexibility index (Phi) is 3.42. The Morgan fingerprint density at radius 1 is 1.33 bits per heavy atom. The third-order valence-electron chi connectivity index (χ3n) is 2.69. The lowest BCUT2D eigenvalue weighted by Crippen LogP contribution is -2.24. The molecule has 0 radical (unpaired) electrons. The molecule has 18 heavy (non-hydrogen) atoms. The smallest absolute Gasteiger partial charge is 0.411 e. The summed E-state index contributed by atoms with van der Waals surface area (Å²) in [6.45, 7) is 0.506. The van der Waals surface area contributed by atoms with Crippen molar-refractivity contribution in [1.82, 2.24) is 0 Å². The van der Waals surface area contributed by atoms with Gasteiger partial charge in [0.25, 0.3) is 0 Å². The van der Waals surface area contributed by atoms with Gasteiger partial charge in [0.15, 0.2) is 0 Å². The summed E-state index contributed by atoms with van der Waals surface area (Å²) in [6.07, 6.45) is 0.0846. The molecule has 1 aromatic carbocycles. The van der Waals surface area contributed by atoms with Crippen molar-refractivity contribution in [3.8, 4) is 0 Å². The van der Waals surface area contributed by atoms with Gasteiger partial charge in [-0.25, -0.2) is 13.2 Å². The normalized spacial score (nSPS) is 17.5. The maximum absolute atomic E-state index is 11.7. The minimum Gasteiger partial charge on any atom is -0.453 e. The first-order valence-electron chi connectivity index (χ1n) is 5.48. The van der Waals surface area contributed by atoms with Crippen LogP contribution in [0.4, 0.5) is 16.2 Å². The number of sulfonamides is 1. The fourth-order valence-corrected chi connectivity index (χ4v) is 3.37. The maximum Gasteiger partial charge on any atom is 0.411 e. The van der Waals surface area contributed by atoms with Gasteiger partial charge in [-0.15, -0.1) is 0 Å².